The van der Waals surface area contributed by atoms with Crippen LogP contribution >= 0.6 is 11.3 Å². The Labute approximate surface area is 140 Å². The van der Waals surface area contributed by atoms with Crippen molar-refractivity contribution in [3.05, 3.63) is 27.1 Å². The molecule has 2 heterocycles. The third kappa shape index (κ3) is 4.39. The molecule has 2 aromatic rings. The van der Waals surface area contributed by atoms with Gasteiger partial charge in [0.15, 0.2) is 0 Å². The molecule has 126 valence electrons. The summed E-state index contributed by atoms with van der Waals surface area (Å²) in [4.78, 5) is 32.7. The Hall–Kier alpha value is -1.73. The molecular weight excluding hydrogens is 312 g/mol. The van der Waals surface area contributed by atoms with E-state index in [-0.39, 0.29) is 17.9 Å². The lowest BCUT2D eigenvalue weighted by Crippen LogP contribution is -2.29. The van der Waals surface area contributed by atoms with Gasteiger partial charge >= 0.3 is 0 Å². The molecule has 0 fully saturated rings. The summed E-state index contributed by atoms with van der Waals surface area (Å²) in [6.45, 7) is 5.89. The van der Waals surface area contributed by atoms with Gasteiger partial charge in [0.2, 0.25) is 5.91 Å². The maximum atomic E-state index is 12.5. The average molecular weight is 336 g/mol. The number of nitrogens with zero attached hydrogens (tertiary/aromatic N) is 3. The topological polar surface area (TPSA) is 67.2 Å². The third-order valence-corrected chi connectivity index (χ3v) is 4.96. The lowest BCUT2D eigenvalue weighted by Gasteiger charge is -2.10. The molecule has 0 aliphatic carbocycles. The summed E-state index contributed by atoms with van der Waals surface area (Å²) < 4.78 is 1.53. The number of carbonyl (C=O) groups is 1. The van der Waals surface area contributed by atoms with Crippen LogP contribution in [0.25, 0.3) is 10.2 Å². The summed E-state index contributed by atoms with van der Waals surface area (Å²) in [7, 11) is 4.01. The Morgan fingerprint density at radius 3 is 2.83 bits per heavy atom. The van der Waals surface area contributed by atoms with Crippen molar-refractivity contribution in [1.82, 2.24) is 19.8 Å². The van der Waals surface area contributed by atoms with Crippen molar-refractivity contribution in [1.29, 1.82) is 0 Å². The van der Waals surface area contributed by atoms with Crippen LogP contribution in [0.15, 0.2) is 11.1 Å². The molecular formula is C16H24N4O2S. The summed E-state index contributed by atoms with van der Waals surface area (Å²) in [5.41, 5.74) is 0.933. The molecule has 0 radical (unpaired) electrons. The van der Waals surface area contributed by atoms with Crippen molar-refractivity contribution in [3.8, 4) is 0 Å². The summed E-state index contributed by atoms with van der Waals surface area (Å²) in [5.74, 6) is -0.0334. The molecule has 0 saturated heterocycles. The van der Waals surface area contributed by atoms with Crippen molar-refractivity contribution in [2.45, 2.75) is 33.2 Å². The molecule has 2 aromatic heterocycles. The largest absolute Gasteiger partial charge is 0.356 e. The quantitative estimate of drug-likeness (QED) is 0.779. The van der Waals surface area contributed by atoms with Gasteiger partial charge in [0, 0.05) is 24.4 Å². The van der Waals surface area contributed by atoms with Gasteiger partial charge in [-0.15, -0.1) is 11.3 Å². The summed E-state index contributed by atoms with van der Waals surface area (Å²) >= 11 is 1.53. The number of aryl methyl sites for hydroxylation is 3. The van der Waals surface area contributed by atoms with Crippen LogP contribution in [-0.2, 0) is 11.3 Å². The molecule has 0 aliphatic rings. The number of amides is 1. The standard InChI is InChI=1S/C16H24N4O2S/c1-11-12(2)23-15-14(11)16(22)20(10-18-15)9-6-13(21)17-7-5-8-19(3)4/h10H,5-9H2,1-4H3,(H,17,21). The van der Waals surface area contributed by atoms with Gasteiger partial charge in [0.1, 0.15) is 4.83 Å². The van der Waals surface area contributed by atoms with Crippen LogP contribution < -0.4 is 10.9 Å². The van der Waals surface area contributed by atoms with Crippen LogP contribution in [0.1, 0.15) is 23.3 Å². The second kappa shape index (κ2) is 7.70. The molecule has 0 aliphatic heterocycles. The molecule has 2 rings (SSSR count). The van der Waals surface area contributed by atoms with Crippen molar-refractivity contribution < 1.29 is 4.79 Å². The van der Waals surface area contributed by atoms with Crippen molar-refractivity contribution >= 4 is 27.5 Å². The number of aromatic nitrogens is 2. The first-order valence-electron chi connectivity index (χ1n) is 7.76. The molecule has 7 heteroatoms. The van der Waals surface area contributed by atoms with Crippen LogP contribution in [0, 0.1) is 13.8 Å². The lowest BCUT2D eigenvalue weighted by molar-refractivity contribution is -0.121. The molecule has 6 nitrogen and oxygen atoms in total. The SMILES string of the molecule is Cc1sc2ncn(CCC(=O)NCCCN(C)C)c(=O)c2c1C. The van der Waals surface area contributed by atoms with Gasteiger partial charge in [-0.2, -0.15) is 0 Å². The Morgan fingerprint density at radius 2 is 2.13 bits per heavy atom. The van der Waals surface area contributed by atoms with E-state index in [2.05, 4.69) is 15.2 Å². The van der Waals surface area contributed by atoms with Gasteiger partial charge < -0.3 is 10.2 Å². The highest BCUT2D eigenvalue weighted by Crippen LogP contribution is 2.25. The Morgan fingerprint density at radius 1 is 1.39 bits per heavy atom. The molecule has 1 N–H and O–H groups in total. The highest BCUT2D eigenvalue weighted by Gasteiger charge is 2.12. The van der Waals surface area contributed by atoms with Crippen molar-refractivity contribution in [2.75, 3.05) is 27.2 Å². The fourth-order valence-corrected chi connectivity index (χ4v) is 3.35. The maximum Gasteiger partial charge on any atom is 0.262 e. The number of rotatable bonds is 7. The van der Waals surface area contributed by atoms with Gasteiger partial charge in [0.25, 0.3) is 5.56 Å². The van der Waals surface area contributed by atoms with Gasteiger partial charge in [-0.3, -0.25) is 14.2 Å². The normalized spacial score (nSPS) is 11.3. The van der Waals surface area contributed by atoms with Crippen LogP contribution in [0.3, 0.4) is 0 Å². The van der Waals surface area contributed by atoms with E-state index in [1.165, 1.54) is 15.9 Å². The average Bonchev–Trinajstić information content (AvgIpc) is 2.78. The Balaban J connectivity index is 1.95. The molecule has 0 unspecified atom stereocenters. The lowest BCUT2D eigenvalue weighted by atomic mass is 10.2. The van der Waals surface area contributed by atoms with E-state index in [1.54, 1.807) is 6.33 Å². The van der Waals surface area contributed by atoms with E-state index < -0.39 is 0 Å². The highest BCUT2D eigenvalue weighted by atomic mass is 32.1. The molecule has 0 atom stereocenters. The van der Waals surface area contributed by atoms with Crippen molar-refractivity contribution in [2.24, 2.45) is 0 Å². The van der Waals surface area contributed by atoms with Crippen LogP contribution in [0.4, 0.5) is 0 Å². The fraction of sp³-hybridized carbons (Fsp3) is 0.562. The zero-order valence-electron chi connectivity index (χ0n) is 14.2. The number of hydrogen-bond donors (Lipinski definition) is 1. The van der Waals surface area contributed by atoms with Gasteiger partial charge in [0.05, 0.1) is 11.7 Å². The first kappa shape index (κ1) is 17.6. The number of nitrogens with one attached hydrogen (secondary N) is 1. The number of carbonyl (C=O) groups excluding carboxylic acids is 1. The predicted molar refractivity (Wildman–Crippen MR) is 94.2 cm³/mol. The molecule has 0 saturated carbocycles. The molecule has 23 heavy (non-hydrogen) atoms. The second-order valence-electron chi connectivity index (χ2n) is 5.96. The van der Waals surface area contributed by atoms with Crippen LogP contribution in [-0.4, -0.2) is 47.5 Å². The molecule has 0 spiro atoms. The first-order valence-corrected chi connectivity index (χ1v) is 8.58. The van der Waals surface area contributed by atoms with Gasteiger partial charge in [-0.25, -0.2) is 4.98 Å². The van der Waals surface area contributed by atoms with Crippen LogP contribution in [0.5, 0.6) is 0 Å². The number of fused-ring (bicyclic) bond motifs is 1. The second-order valence-corrected chi connectivity index (χ2v) is 7.17. The first-order chi connectivity index (χ1) is 10.9. The Kier molecular flexibility index (Phi) is 5.90. The van der Waals surface area contributed by atoms with Crippen molar-refractivity contribution in [3.63, 3.8) is 0 Å². The number of thiophene rings is 1. The smallest absolute Gasteiger partial charge is 0.262 e. The molecule has 1 amide bonds. The van der Waals surface area contributed by atoms with E-state index in [1.807, 2.05) is 27.9 Å². The number of hydrogen-bond acceptors (Lipinski definition) is 5. The predicted octanol–water partition coefficient (Wildman–Crippen LogP) is 1.53. The highest BCUT2D eigenvalue weighted by molar-refractivity contribution is 7.18. The minimum atomic E-state index is -0.0581. The Bertz CT molecular complexity index is 748. The zero-order chi connectivity index (χ0) is 17.0. The van der Waals surface area contributed by atoms with E-state index in [4.69, 9.17) is 0 Å². The minimum Gasteiger partial charge on any atom is -0.356 e. The van der Waals surface area contributed by atoms with Gasteiger partial charge in [-0.05, 0) is 46.5 Å². The zero-order valence-corrected chi connectivity index (χ0v) is 15.0. The summed E-state index contributed by atoms with van der Waals surface area (Å²) in [6, 6.07) is 0. The van der Waals surface area contributed by atoms with Crippen LogP contribution in [0.2, 0.25) is 0 Å². The summed E-state index contributed by atoms with van der Waals surface area (Å²) in [5, 5.41) is 3.56. The third-order valence-electron chi connectivity index (χ3n) is 3.84. The fourth-order valence-electron chi connectivity index (χ4n) is 2.36. The monoisotopic (exact) mass is 336 g/mol. The van der Waals surface area contributed by atoms with E-state index in [0.29, 0.717) is 18.5 Å². The van der Waals surface area contributed by atoms with E-state index >= 15 is 0 Å². The minimum absolute atomic E-state index is 0.0334. The molecule has 0 aromatic carbocycles. The van der Waals surface area contributed by atoms with Gasteiger partial charge in [-0.1, -0.05) is 0 Å². The van der Waals surface area contributed by atoms with E-state index in [9.17, 15) is 9.59 Å². The van der Waals surface area contributed by atoms with E-state index in [0.717, 1.165) is 28.2 Å². The molecule has 0 bridgehead atoms. The maximum absolute atomic E-state index is 12.5. The summed E-state index contributed by atoms with van der Waals surface area (Å²) in [6.07, 6.45) is 2.75.